The van der Waals surface area contributed by atoms with Crippen LogP contribution < -0.4 is 5.32 Å². The summed E-state index contributed by atoms with van der Waals surface area (Å²) in [6.45, 7) is 9.67. The normalized spacial score (nSPS) is 16.7. The van der Waals surface area contributed by atoms with Gasteiger partial charge in [0.25, 0.3) is 0 Å². The number of carbonyl (C=O) groups excluding carboxylic acids is 1. The highest BCUT2D eigenvalue weighted by Gasteiger charge is 2.19. The number of ether oxygens (including phenoxy) is 1. The molecule has 0 atom stereocenters. The Morgan fingerprint density at radius 3 is 2.55 bits per heavy atom. The number of nitrogens with zero attached hydrogens (tertiary/aromatic N) is 2. The van der Waals surface area contributed by atoms with Crippen molar-refractivity contribution in [3.05, 3.63) is 47.0 Å². The maximum Gasteiger partial charge on any atom is 0.302 e. The number of esters is 1. The third-order valence-corrected chi connectivity index (χ3v) is 3.68. The van der Waals surface area contributed by atoms with Crippen LogP contribution in [0.3, 0.4) is 0 Å². The highest BCUT2D eigenvalue weighted by atomic mass is 16.5. The molecule has 5 heteroatoms. The minimum Gasteiger partial charge on any atom is -0.461 e. The largest absolute Gasteiger partial charge is 0.461 e. The van der Waals surface area contributed by atoms with Gasteiger partial charge in [0, 0.05) is 56.8 Å². The van der Waals surface area contributed by atoms with Crippen LogP contribution in [0.1, 0.15) is 20.8 Å². The second-order valence-electron chi connectivity index (χ2n) is 5.16. The molecule has 5 nitrogen and oxygen atoms in total. The molecule has 1 aliphatic heterocycles. The average molecular weight is 303 g/mol. The Hall–Kier alpha value is -2.30. The van der Waals surface area contributed by atoms with Gasteiger partial charge in [-0.3, -0.25) is 9.79 Å². The summed E-state index contributed by atoms with van der Waals surface area (Å²) in [5, 5.41) is 3.14. The van der Waals surface area contributed by atoms with E-state index >= 15 is 0 Å². The Morgan fingerprint density at radius 2 is 2.05 bits per heavy atom. The van der Waals surface area contributed by atoms with E-state index in [1.807, 2.05) is 45.1 Å². The summed E-state index contributed by atoms with van der Waals surface area (Å²) >= 11 is 0. The van der Waals surface area contributed by atoms with Crippen LogP contribution in [0.4, 0.5) is 0 Å². The monoisotopic (exact) mass is 303 g/mol. The van der Waals surface area contributed by atoms with Crippen LogP contribution in [-0.4, -0.2) is 44.3 Å². The fourth-order valence-corrected chi connectivity index (χ4v) is 2.13. The predicted octanol–water partition coefficient (Wildman–Crippen LogP) is 2.40. The molecule has 0 spiro atoms. The van der Waals surface area contributed by atoms with Gasteiger partial charge in [-0.1, -0.05) is 6.58 Å². The lowest BCUT2D eigenvalue weighted by Gasteiger charge is -2.26. The molecule has 0 saturated carbocycles. The van der Waals surface area contributed by atoms with Crippen molar-refractivity contribution in [1.29, 1.82) is 0 Å². The molecule has 1 aliphatic rings. The van der Waals surface area contributed by atoms with Gasteiger partial charge >= 0.3 is 5.97 Å². The van der Waals surface area contributed by atoms with Gasteiger partial charge < -0.3 is 15.0 Å². The summed E-state index contributed by atoms with van der Waals surface area (Å²) in [7, 11) is 5.57. The molecule has 0 bridgehead atoms. The van der Waals surface area contributed by atoms with Gasteiger partial charge in [0.1, 0.15) is 6.61 Å². The summed E-state index contributed by atoms with van der Waals surface area (Å²) in [4.78, 5) is 17.4. The molecule has 1 N–H and O–H groups in total. The number of rotatable bonds is 5. The Kier molecular flexibility index (Phi) is 6.16. The standard InChI is InChI=1S/C17H25N3O2/c1-11(12(2)18-5)17(19-6)15-8-16(10-22-14(4)21)13(3)20(7)9-15/h8-9,18H,3,10H2,1-2,4-7H3/b12-11+,19-17+. The lowest BCUT2D eigenvalue weighted by Crippen LogP contribution is -2.22. The molecule has 0 radical (unpaired) electrons. The lowest BCUT2D eigenvalue weighted by atomic mass is 9.97. The molecule has 1 rings (SSSR count). The van der Waals surface area contributed by atoms with Crippen LogP contribution in [-0.2, 0) is 9.53 Å². The third-order valence-electron chi connectivity index (χ3n) is 3.68. The first kappa shape index (κ1) is 17.8. The highest BCUT2D eigenvalue weighted by Crippen LogP contribution is 2.24. The Bertz CT molecular complexity index is 595. The minimum atomic E-state index is -0.307. The number of likely N-dealkylation sites (N-methyl/N-ethyl adjacent to an activating group) is 1. The van der Waals surface area contributed by atoms with E-state index in [0.29, 0.717) is 0 Å². The van der Waals surface area contributed by atoms with Crippen molar-refractivity contribution in [2.45, 2.75) is 20.8 Å². The van der Waals surface area contributed by atoms with E-state index in [0.717, 1.165) is 33.8 Å². The molecule has 0 fully saturated rings. The van der Waals surface area contributed by atoms with Gasteiger partial charge in [-0.05, 0) is 25.5 Å². The topological polar surface area (TPSA) is 53.9 Å². The molecule has 1 heterocycles. The van der Waals surface area contributed by atoms with Crippen LogP contribution in [0.5, 0.6) is 0 Å². The number of nitrogens with one attached hydrogen (secondary N) is 1. The van der Waals surface area contributed by atoms with E-state index in [9.17, 15) is 4.79 Å². The van der Waals surface area contributed by atoms with Crippen LogP contribution in [0.2, 0.25) is 0 Å². The van der Waals surface area contributed by atoms with Gasteiger partial charge in [0.05, 0.1) is 5.71 Å². The number of aliphatic imine (C=N–C) groups is 1. The van der Waals surface area contributed by atoms with Crippen molar-refractivity contribution in [2.75, 3.05) is 27.7 Å². The van der Waals surface area contributed by atoms with Gasteiger partial charge in [-0.15, -0.1) is 0 Å². The molecule has 0 aromatic heterocycles. The highest BCUT2D eigenvalue weighted by molar-refractivity contribution is 6.14. The van der Waals surface area contributed by atoms with Crippen molar-refractivity contribution in [2.24, 2.45) is 4.99 Å². The molecule has 0 amide bonds. The first-order valence-corrected chi connectivity index (χ1v) is 7.12. The number of allylic oxidation sites excluding steroid dienone is 4. The van der Waals surface area contributed by atoms with Crippen molar-refractivity contribution in [3.63, 3.8) is 0 Å². The van der Waals surface area contributed by atoms with Gasteiger partial charge in [0.2, 0.25) is 0 Å². The predicted molar refractivity (Wildman–Crippen MR) is 90.5 cm³/mol. The average Bonchev–Trinajstić information content (AvgIpc) is 2.48. The van der Waals surface area contributed by atoms with Gasteiger partial charge in [-0.25, -0.2) is 0 Å². The number of hydrogen-bond donors (Lipinski definition) is 1. The molecule has 120 valence electrons. The SMILES string of the molecule is C=C1C(COC(C)=O)=CC(C(=N/C)/C(C)=C(\C)NC)=CN1C. The summed E-state index contributed by atoms with van der Waals surface area (Å²) in [6, 6.07) is 0. The second-order valence-corrected chi connectivity index (χ2v) is 5.16. The minimum absolute atomic E-state index is 0.209. The molecule has 22 heavy (non-hydrogen) atoms. The second kappa shape index (κ2) is 7.64. The van der Waals surface area contributed by atoms with Crippen LogP contribution in [0.15, 0.2) is 52.0 Å². The fourth-order valence-electron chi connectivity index (χ4n) is 2.13. The fraction of sp³-hybridized carbons (Fsp3) is 0.412. The van der Waals surface area contributed by atoms with E-state index < -0.39 is 0 Å². The molecular weight excluding hydrogens is 278 g/mol. The summed E-state index contributed by atoms with van der Waals surface area (Å²) in [5.74, 6) is -0.307. The summed E-state index contributed by atoms with van der Waals surface area (Å²) in [5.41, 5.74) is 5.67. The Balaban J connectivity index is 3.19. The van der Waals surface area contributed by atoms with Crippen molar-refractivity contribution in [1.82, 2.24) is 10.2 Å². The zero-order chi connectivity index (χ0) is 16.9. The number of hydrogen-bond acceptors (Lipinski definition) is 5. The quantitative estimate of drug-likeness (QED) is 0.626. The molecule has 0 aliphatic carbocycles. The van der Waals surface area contributed by atoms with E-state index in [-0.39, 0.29) is 12.6 Å². The summed E-state index contributed by atoms with van der Waals surface area (Å²) < 4.78 is 5.10. The van der Waals surface area contributed by atoms with Crippen molar-refractivity contribution in [3.8, 4) is 0 Å². The first-order chi connectivity index (χ1) is 10.3. The van der Waals surface area contributed by atoms with Gasteiger partial charge in [-0.2, -0.15) is 0 Å². The van der Waals surface area contributed by atoms with Crippen LogP contribution in [0, 0.1) is 0 Å². The Labute approximate surface area is 132 Å². The van der Waals surface area contributed by atoms with Crippen LogP contribution >= 0.6 is 0 Å². The first-order valence-electron chi connectivity index (χ1n) is 7.12. The maximum atomic E-state index is 11.0. The Morgan fingerprint density at radius 1 is 1.41 bits per heavy atom. The molecule has 0 unspecified atom stereocenters. The van der Waals surface area contributed by atoms with E-state index in [4.69, 9.17) is 4.74 Å². The lowest BCUT2D eigenvalue weighted by molar-refractivity contribution is -0.139. The molecule has 0 aromatic carbocycles. The summed E-state index contributed by atoms with van der Waals surface area (Å²) in [6.07, 6.45) is 3.95. The maximum absolute atomic E-state index is 11.0. The van der Waals surface area contributed by atoms with E-state index in [2.05, 4.69) is 16.9 Å². The van der Waals surface area contributed by atoms with E-state index in [1.165, 1.54) is 6.92 Å². The third kappa shape index (κ3) is 4.10. The zero-order valence-electron chi connectivity index (χ0n) is 14.3. The van der Waals surface area contributed by atoms with Crippen molar-refractivity contribution < 1.29 is 9.53 Å². The molecule has 0 saturated heterocycles. The van der Waals surface area contributed by atoms with Crippen LogP contribution in [0.25, 0.3) is 0 Å². The zero-order valence-corrected chi connectivity index (χ0v) is 14.3. The van der Waals surface area contributed by atoms with Gasteiger partial charge in [0.15, 0.2) is 0 Å². The molecular formula is C17H25N3O2. The smallest absolute Gasteiger partial charge is 0.302 e. The number of carbonyl (C=O) groups is 1. The van der Waals surface area contributed by atoms with E-state index in [1.54, 1.807) is 7.05 Å². The molecule has 0 aromatic rings. The van der Waals surface area contributed by atoms with Crippen molar-refractivity contribution >= 4 is 11.7 Å².